The summed E-state index contributed by atoms with van der Waals surface area (Å²) in [6, 6.07) is 0. The minimum Gasteiger partial charge on any atom is -0.380 e. The molecule has 0 aliphatic carbocycles. The molecule has 2 heteroatoms. The van der Waals surface area contributed by atoms with Crippen LogP contribution in [0.5, 0.6) is 0 Å². The average Bonchev–Trinajstić information content (AvgIpc) is 2.45. The summed E-state index contributed by atoms with van der Waals surface area (Å²) in [5.41, 5.74) is 0.559. The summed E-state index contributed by atoms with van der Waals surface area (Å²) in [7, 11) is 2.22. The first-order valence-corrected chi connectivity index (χ1v) is 5.53. The molecule has 0 bridgehead atoms. The van der Waals surface area contributed by atoms with E-state index in [1.807, 2.05) is 13.8 Å². The van der Waals surface area contributed by atoms with Gasteiger partial charge in [-0.05, 0) is 13.0 Å². The van der Waals surface area contributed by atoms with Crippen molar-refractivity contribution >= 4 is 0 Å². The first-order valence-electron chi connectivity index (χ1n) is 5.53. The summed E-state index contributed by atoms with van der Waals surface area (Å²) in [6.45, 7) is 10.8. The van der Waals surface area contributed by atoms with Gasteiger partial charge in [0.25, 0.3) is 0 Å². The maximum absolute atomic E-state index is 5.31. The lowest BCUT2D eigenvalue weighted by Crippen LogP contribution is -2.48. The van der Waals surface area contributed by atoms with Gasteiger partial charge >= 0.3 is 0 Å². The second kappa shape index (κ2) is 4.43. The summed E-state index contributed by atoms with van der Waals surface area (Å²) in [5, 5.41) is 0. The van der Waals surface area contributed by atoms with E-state index >= 15 is 0 Å². The number of rotatable bonds is 1. The molecular weight excluding hydrogens is 162 g/mol. The van der Waals surface area contributed by atoms with Crippen LogP contribution in [-0.2, 0) is 4.74 Å². The summed E-state index contributed by atoms with van der Waals surface area (Å²) < 4.78 is 5.31. The maximum Gasteiger partial charge on any atom is 0.0560 e. The summed E-state index contributed by atoms with van der Waals surface area (Å²) >= 11 is 0. The molecule has 0 aromatic rings. The maximum atomic E-state index is 5.31. The molecule has 2 nitrogen and oxygen atoms in total. The number of likely N-dealkylation sites (tertiary alicyclic amines) is 1. The SMILES string of the molecule is CC.CCC1CN(C)CC12COC2. The van der Waals surface area contributed by atoms with E-state index in [2.05, 4.69) is 18.9 Å². The van der Waals surface area contributed by atoms with Crippen molar-refractivity contribution in [1.82, 2.24) is 4.90 Å². The van der Waals surface area contributed by atoms with E-state index in [1.165, 1.54) is 19.5 Å². The van der Waals surface area contributed by atoms with Crippen LogP contribution in [0.1, 0.15) is 27.2 Å². The molecule has 1 atom stereocenters. The summed E-state index contributed by atoms with van der Waals surface area (Å²) in [4.78, 5) is 2.44. The minimum atomic E-state index is 0.559. The van der Waals surface area contributed by atoms with Crippen LogP contribution in [0.3, 0.4) is 0 Å². The van der Waals surface area contributed by atoms with Crippen molar-refractivity contribution in [1.29, 1.82) is 0 Å². The zero-order valence-electron chi connectivity index (χ0n) is 9.47. The Morgan fingerprint density at radius 1 is 1.38 bits per heavy atom. The molecule has 2 aliphatic rings. The van der Waals surface area contributed by atoms with E-state index in [-0.39, 0.29) is 0 Å². The molecule has 2 rings (SSSR count). The lowest BCUT2D eigenvalue weighted by atomic mass is 9.75. The Bertz CT molecular complexity index is 154. The van der Waals surface area contributed by atoms with Gasteiger partial charge in [0.05, 0.1) is 13.2 Å². The van der Waals surface area contributed by atoms with E-state index in [1.54, 1.807) is 0 Å². The highest BCUT2D eigenvalue weighted by molar-refractivity contribution is 4.99. The lowest BCUT2D eigenvalue weighted by molar-refractivity contribution is -0.127. The second-order valence-corrected chi connectivity index (χ2v) is 4.16. The predicted molar refractivity (Wildman–Crippen MR) is 55.9 cm³/mol. The Balaban J connectivity index is 0.000000396. The van der Waals surface area contributed by atoms with Gasteiger partial charge in [-0.25, -0.2) is 0 Å². The van der Waals surface area contributed by atoms with Crippen LogP contribution in [0.15, 0.2) is 0 Å². The van der Waals surface area contributed by atoms with Crippen LogP contribution in [0, 0.1) is 11.3 Å². The quantitative estimate of drug-likeness (QED) is 0.619. The molecule has 1 spiro atoms. The Morgan fingerprint density at radius 3 is 2.31 bits per heavy atom. The number of hydrogen-bond donors (Lipinski definition) is 0. The van der Waals surface area contributed by atoms with E-state index in [0.717, 1.165) is 19.1 Å². The Morgan fingerprint density at radius 2 is 2.00 bits per heavy atom. The van der Waals surface area contributed by atoms with E-state index in [4.69, 9.17) is 4.74 Å². The predicted octanol–water partition coefficient (Wildman–Crippen LogP) is 2.00. The van der Waals surface area contributed by atoms with E-state index in [9.17, 15) is 0 Å². The molecule has 13 heavy (non-hydrogen) atoms. The lowest BCUT2D eigenvalue weighted by Gasteiger charge is -2.42. The van der Waals surface area contributed by atoms with Crippen LogP contribution in [-0.4, -0.2) is 38.3 Å². The van der Waals surface area contributed by atoms with Gasteiger partial charge in [-0.15, -0.1) is 0 Å². The van der Waals surface area contributed by atoms with Crippen LogP contribution >= 0.6 is 0 Å². The van der Waals surface area contributed by atoms with E-state index in [0.29, 0.717) is 5.41 Å². The standard InChI is InChI=1S/C9H17NO.C2H6/c1-3-8-4-10(2)5-9(8)6-11-7-9;1-2/h8H,3-7H2,1-2H3;1-2H3. The van der Waals surface area contributed by atoms with Crippen molar-refractivity contribution < 1.29 is 4.74 Å². The molecule has 2 fully saturated rings. The van der Waals surface area contributed by atoms with Gasteiger partial charge in [0.2, 0.25) is 0 Å². The van der Waals surface area contributed by atoms with Crippen LogP contribution in [0.2, 0.25) is 0 Å². The van der Waals surface area contributed by atoms with Crippen molar-refractivity contribution in [2.75, 3.05) is 33.4 Å². The van der Waals surface area contributed by atoms with Crippen LogP contribution < -0.4 is 0 Å². The van der Waals surface area contributed by atoms with Crippen molar-refractivity contribution in [3.63, 3.8) is 0 Å². The topological polar surface area (TPSA) is 12.5 Å². The Hall–Kier alpha value is -0.0800. The second-order valence-electron chi connectivity index (χ2n) is 4.16. The molecular formula is C11H23NO. The highest BCUT2D eigenvalue weighted by Crippen LogP contribution is 2.43. The molecule has 0 amide bonds. The third-order valence-corrected chi connectivity index (χ3v) is 3.25. The third-order valence-electron chi connectivity index (χ3n) is 3.25. The smallest absolute Gasteiger partial charge is 0.0560 e. The van der Waals surface area contributed by atoms with Gasteiger partial charge in [0.15, 0.2) is 0 Å². The molecule has 0 aromatic heterocycles. The number of hydrogen-bond acceptors (Lipinski definition) is 2. The van der Waals surface area contributed by atoms with Crippen molar-refractivity contribution in [2.45, 2.75) is 27.2 Å². The Kier molecular flexibility index (Phi) is 3.74. The fraction of sp³-hybridized carbons (Fsp3) is 1.00. The summed E-state index contributed by atoms with van der Waals surface area (Å²) in [6.07, 6.45) is 1.31. The van der Waals surface area contributed by atoms with Crippen molar-refractivity contribution in [3.05, 3.63) is 0 Å². The van der Waals surface area contributed by atoms with Crippen LogP contribution in [0.4, 0.5) is 0 Å². The third kappa shape index (κ3) is 1.89. The molecule has 2 heterocycles. The zero-order chi connectivity index (χ0) is 9.90. The first kappa shape index (κ1) is 11.0. The van der Waals surface area contributed by atoms with Crippen molar-refractivity contribution in [2.24, 2.45) is 11.3 Å². The van der Waals surface area contributed by atoms with Gasteiger partial charge < -0.3 is 9.64 Å². The normalized spacial score (nSPS) is 30.9. The number of ether oxygens (including phenoxy) is 1. The number of nitrogens with zero attached hydrogens (tertiary/aromatic N) is 1. The highest BCUT2D eigenvalue weighted by Gasteiger charge is 2.49. The summed E-state index contributed by atoms with van der Waals surface area (Å²) in [5.74, 6) is 0.890. The average molecular weight is 185 g/mol. The molecule has 2 saturated heterocycles. The first-order chi connectivity index (χ1) is 6.27. The fourth-order valence-corrected chi connectivity index (χ4v) is 2.55. The molecule has 1 unspecified atom stereocenters. The van der Waals surface area contributed by atoms with Gasteiger partial charge in [0, 0.05) is 18.5 Å². The molecule has 78 valence electrons. The van der Waals surface area contributed by atoms with Crippen LogP contribution in [0.25, 0.3) is 0 Å². The van der Waals surface area contributed by atoms with Gasteiger partial charge in [0.1, 0.15) is 0 Å². The monoisotopic (exact) mass is 185 g/mol. The van der Waals surface area contributed by atoms with Gasteiger partial charge in [-0.2, -0.15) is 0 Å². The largest absolute Gasteiger partial charge is 0.380 e. The molecule has 0 aromatic carbocycles. The van der Waals surface area contributed by atoms with Gasteiger partial charge in [-0.1, -0.05) is 27.2 Å². The van der Waals surface area contributed by atoms with E-state index < -0.39 is 0 Å². The fourth-order valence-electron chi connectivity index (χ4n) is 2.55. The minimum absolute atomic E-state index is 0.559. The molecule has 0 N–H and O–H groups in total. The molecule has 0 saturated carbocycles. The van der Waals surface area contributed by atoms with Crippen molar-refractivity contribution in [3.8, 4) is 0 Å². The zero-order valence-corrected chi connectivity index (χ0v) is 9.47. The van der Waals surface area contributed by atoms with Gasteiger partial charge in [-0.3, -0.25) is 0 Å². The highest BCUT2D eigenvalue weighted by atomic mass is 16.5. The Labute approximate surface area is 82.3 Å². The molecule has 2 aliphatic heterocycles. The molecule has 0 radical (unpaired) electrons.